The molecule has 0 rings (SSSR count). The van der Waals surface area contributed by atoms with Gasteiger partial charge < -0.3 is 25.7 Å². The Labute approximate surface area is 105 Å². The summed E-state index contributed by atoms with van der Waals surface area (Å²) in [5.74, 6) is -2.64. The van der Waals surface area contributed by atoms with Crippen LogP contribution >= 0.6 is 0 Å². The summed E-state index contributed by atoms with van der Waals surface area (Å²) >= 11 is 0. The summed E-state index contributed by atoms with van der Waals surface area (Å²) in [5.41, 5.74) is 0. The maximum atomic E-state index is 11.6. The minimum absolute atomic E-state index is 0.450. The van der Waals surface area contributed by atoms with Gasteiger partial charge in [0.1, 0.15) is 6.04 Å². The molecule has 0 spiro atoms. The van der Waals surface area contributed by atoms with Crippen molar-refractivity contribution in [3.05, 3.63) is 0 Å². The molecule has 1 atom stereocenters. The summed E-state index contributed by atoms with van der Waals surface area (Å²) < 4.78 is 0. The van der Waals surface area contributed by atoms with E-state index in [9.17, 15) is 14.4 Å². The van der Waals surface area contributed by atoms with Gasteiger partial charge in [-0.05, 0) is 20.0 Å². The van der Waals surface area contributed by atoms with Crippen molar-refractivity contribution in [3.63, 3.8) is 0 Å². The Hall–Kier alpha value is -1.83. The van der Waals surface area contributed by atoms with Crippen molar-refractivity contribution in [2.75, 3.05) is 27.2 Å². The number of aliphatic carboxylic acids is 2. The van der Waals surface area contributed by atoms with Crippen molar-refractivity contribution in [1.82, 2.24) is 15.5 Å². The van der Waals surface area contributed by atoms with E-state index in [2.05, 4.69) is 10.6 Å². The molecule has 0 saturated heterocycles. The lowest BCUT2D eigenvalue weighted by atomic mass is 10.2. The van der Waals surface area contributed by atoms with Crippen LogP contribution in [-0.4, -0.2) is 66.3 Å². The highest BCUT2D eigenvalue weighted by Gasteiger charge is 2.24. The Balaban J connectivity index is 4.23. The van der Waals surface area contributed by atoms with Crippen LogP contribution in [0.2, 0.25) is 0 Å². The molecule has 0 aliphatic rings. The first kappa shape index (κ1) is 16.2. The van der Waals surface area contributed by atoms with Gasteiger partial charge >= 0.3 is 18.0 Å². The smallest absolute Gasteiger partial charge is 0.326 e. The maximum absolute atomic E-state index is 11.6. The SMILES string of the molecule is CNCCCN(C)C(=O)N[C@H](CC(=O)O)C(=O)O. The first-order valence-electron chi connectivity index (χ1n) is 5.49. The second-order valence-electron chi connectivity index (χ2n) is 3.82. The molecule has 8 nitrogen and oxygen atoms in total. The lowest BCUT2D eigenvalue weighted by Crippen LogP contribution is -2.47. The molecule has 0 bridgehead atoms. The number of carbonyl (C=O) groups is 3. The number of urea groups is 1. The predicted molar refractivity (Wildman–Crippen MR) is 63.4 cm³/mol. The van der Waals surface area contributed by atoms with Crippen LogP contribution in [0.1, 0.15) is 12.8 Å². The third kappa shape index (κ3) is 6.69. The summed E-state index contributed by atoms with van der Waals surface area (Å²) in [6, 6.07) is -2.01. The van der Waals surface area contributed by atoms with Gasteiger partial charge in [0.2, 0.25) is 0 Å². The van der Waals surface area contributed by atoms with Crippen LogP contribution < -0.4 is 10.6 Å². The second-order valence-corrected chi connectivity index (χ2v) is 3.82. The molecule has 0 heterocycles. The van der Waals surface area contributed by atoms with Crippen LogP contribution in [0.5, 0.6) is 0 Å². The van der Waals surface area contributed by atoms with E-state index in [-0.39, 0.29) is 0 Å². The van der Waals surface area contributed by atoms with Crippen molar-refractivity contribution in [1.29, 1.82) is 0 Å². The van der Waals surface area contributed by atoms with Crippen LogP contribution in [0.4, 0.5) is 4.79 Å². The molecule has 2 amide bonds. The summed E-state index contributed by atoms with van der Waals surface area (Å²) in [4.78, 5) is 34.1. The molecule has 0 radical (unpaired) electrons. The normalized spacial score (nSPS) is 11.7. The number of carbonyl (C=O) groups excluding carboxylic acids is 1. The minimum Gasteiger partial charge on any atom is -0.481 e. The van der Waals surface area contributed by atoms with Crippen molar-refractivity contribution in [2.45, 2.75) is 18.9 Å². The van der Waals surface area contributed by atoms with Crippen molar-refractivity contribution in [3.8, 4) is 0 Å². The van der Waals surface area contributed by atoms with E-state index in [4.69, 9.17) is 10.2 Å². The van der Waals surface area contributed by atoms with Crippen molar-refractivity contribution in [2.24, 2.45) is 0 Å². The van der Waals surface area contributed by atoms with E-state index in [1.165, 1.54) is 11.9 Å². The van der Waals surface area contributed by atoms with Crippen LogP contribution in [0, 0.1) is 0 Å². The van der Waals surface area contributed by atoms with Gasteiger partial charge in [-0.15, -0.1) is 0 Å². The van der Waals surface area contributed by atoms with Crippen molar-refractivity contribution >= 4 is 18.0 Å². The summed E-state index contributed by atoms with van der Waals surface area (Å²) in [5, 5.41) is 22.4. The highest BCUT2D eigenvalue weighted by Crippen LogP contribution is 1.96. The number of rotatable bonds is 8. The number of nitrogens with one attached hydrogen (secondary N) is 2. The first-order valence-corrected chi connectivity index (χ1v) is 5.49. The average Bonchev–Trinajstić information content (AvgIpc) is 2.27. The van der Waals surface area contributed by atoms with E-state index in [1.807, 2.05) is 0 Å². The number of hydrogen-bond donors (Lipinski definition) is 4. The number of nitrogens with zero attached hydrogens (tertiary/aromatic N) is 1. The third-order valence-electron chi connectivity index (χ3n) is 2.24. The summed E-state index contributed by atoms with van der Waals surface area (Å²) in [7, 11) is 3.30. The molecular formula is C10H19N3O5. The van der Waals surface area contributed by atoms with E-state index >= 15 is 0 Å². The van der Waals surface area contributed by atoms with Gasteiger partial charge in [-0.2, -0.15) is 0 Å². The quantitative estimate of drug-likeness (QED) is 0.423. The van der Waals surface area contributed by atoms with Gasteiger partial charge in [0, 0.05) is 13.6 Å². The Bertz CT molecular complexity index is 308. The second kappa shape index (κ2) is 8.29. The number of carboxylic acid groups (broad SMARTS) is 2. The van der Waals surface area contributed by atoms with Gasteiger partial charge in [-0.25, -0.2) is 9.59 Å². The Morgan fingerprint density at radius 3 is 2.33 bits per heavy atom. The Morgan fingerprint density at radius 2 is 1.89 bits per heavy atom. The fraction of sp³-hybridized carbons (Fsp3) is 0.700. The lowest BCUT2D eigenvalue weighted by Gasteiger charge is -2.20. The van der Waals surface area contributed by atoms with Crippen molar-refractivity contribution < 1.29 is 24.6 Å². The summed E-state index contributed by atoms with van der Waals surface area (Å²) in [6.07, 6.45) is 0.0719. The predicted octanol–water partition coefficient (Wildman–Crippen LogP) is -0.835. The number of carboxylic acids is 2. The fourth-order valence-corrected chi connectivity index (χ4v) is 1.23. The standard InChI is InChI=1S/C10H19N3O5/c1-11-4-3-5-13(2)10(18)12-7(9(16)17)6-8(14)15/h7,11H,3-6H2,1-2H3,(H,12,18)(H,14,15)(H,16,17)/t7-/m1/s1. The third-order valence-corrected chi connectivity index (χ3v) is 2.24. The molecule has 8 heteroatoms. The first-order chi connectivity index (χ1) is 8.38. The van der Waals surface area contributed by atoms with E-state index in [1.54, 1.807) is 7.05 Å². The van der Waals surface area contributed by atoms with E-state index in [0.29, 0.717) is 6.54 Å². The molecule has 4 N–H and O–H groups in total. The van der Waals surface area contributed by atoms with Gasteiger partial charge in [0.15, 0.2) is 0 Å². The zero-order chi connectivity index (χ0) is 14.1. The largest absolute Gasteiger partial charge is 0.481 e. The van der Waals surface area contributed by atoms with Gasteiger partial charge in [0.05, 0.1) is 6.42 Å². The molecule has 0 saturated carbocycles. The molecule has 0 aromatic heterocycles. The van der Waals surface area contributed by atoms with E-state index in [0.717, 1.165) is 13.0 Å². The fourth-order valence-electron chi connectivity index (χ4n) is 1.23. The molecule has 0 aromatic rings. The average molecular weight is 261 g/mol. The zero-order valence-electron chi connectivity index (χ0n) is 10.5. The molecule has 18 heavy (non-hydrogen) atoms. The molecule has 0 aliphatic heterocycles. The van der Waals surface area contributed by atoms with Crippen LogP contribution in [0.25, 0.3) is 0 Å². The monoisotopic (exact) mass is 261 g/mol. The van der Waals surface area contributed by atoms with Gasteiger partial charge in [-0.3, -0.25) is 4.79 Å². The highest BCUT2D eigenvalue weighted by atomic mass is 16.4. The number of hydrogen-bond acceptors (Lipinski definition) is 4. The van der Waals surface area contributed by atoms with Gasteiger partial charge in [-0.1, -0.05) is 0 Å². The van der Waals surface area contributed by atoms with E-state index < -0.39 is 30.4 Å². The zero-order valence-corrected chi connectivity index (χ0v) is 10.5. The van der Waals surface area contributed by atoms with Crippen LogP contribution in [0.15, 0.2) is 0 Å². The molecule has 0 fully saturated rings. The molecular weight excluding hydrogens is 242 g/mol. The van der Waals surface area contributed by atoms with Crippen LogP contribution in [-0.2, 0) is 9.59 Å². The Kier molecular flexibility index (Phi) is 7.45. The Morgan fingerprint density at radius 1 is 1.28 bits per heavy atom. The lowest BCUT2D eigenvalue weighted by molar-refractivity contribution is -0.145. The molecule has 104 valence electrons. The maximum Gasteiger partial charge on any atom is 0.326 e. The highest BCUT2D eigenvalue weighted by molar-refractivity contribution is 5.86. The molecule has 0 aromatic carbocycles. The van der Waals surface area contributed by atoms with Gasteiger partial charge in [0.25, 0.3) is 0 Å². The number of amides is 2. The molecule has 0 unspecified atom stereocenters. The molecule has 0 aliphatic carbocycles. The summed E-state index contributed by atoms with van der Waals surface area (Å²) in [6.45, 7) is 1.18. The minimum atomic E-state index is -1.42. The topological polar surface area (TPSA) is 119 Å². The van der Waals surface area contributed by atoms with Crippen LogP contribution in [0.3, 0.4) is 0 Å².